The maximum absolute atomic E-state index is 12.5. The van der Waals surface area contributed by atoms with Gasteiger partial charge in [0.2, 0.25) is 0 Å². The monoisotopic (exact) mass is 307 g/mol. The van der Waals surface area contributed by atoms with Crippen LogP contribution in [0.2, 0.25) is 0 Å². The van der Waals surface area contributed by atoms with Gasteiger partial charge in [-0.2, -0.15) is 5.10 Å². The van der Waals surface area contributed by atoms with E-state index < -0.39 is 10.0 Å². The van der Waals surface area contributed by atoms with Crippen molar-refractivity contribution >= 4 is 15.8 Å². The van der Waals surface area contributed by atoms with Crippen LogP contribution in [-0.2, 0) is 15.4 Å². The molecule has 0 saturated heterocycles. The maximum atomic E-state index is 12.5. The summed E-state index contributed by atoms with van der Waals surface area (Å²) < 4.78 is 27.5. The van der Waals surface area contributed by atoms with E-state index in [1.165, 1.54) is 0 Å². The number of nitrogens with zero attached hydrogens (tertiary/aromatic N) is 1. The van der Waals surface area contributed by atoms with E-state index in [4.69, 9.17) is 0 Å². The average Bonchev–Trinajstić information content (AvgIpc) is 2.79. The van der Waals surface area contributed by atoms with Crippen LogP contribution >= 0.6 is 0 Å². The van der Waals surface area contributed by atoms with Crippen LogP contribution in [0.1, 0.15) is 37.6 Å². The Balaban J connectivity index is 2.34. The molecule has 0 aliphatic carbocycles. The molecule has 0 amide bonds. The first kappa shape index (κ1) is 15.6. The molecule has 6 heteroatoms. The number of benzene rings is 1. The summed E-state index contributed by atoms with van der Waals surface area (Å²) in [5.41, 5.74) is 2.37. The van der Waals surface area contributed by atoms with E-state index in [0.29, 0.717) is 11.4 Å². The standard InChI is InChI=1S/C15H21N3O2S/c1-10-6-7-11(2)12(8-10)21(19,20)18-14-9-13(16-17-14)15(3,4)5/h6-9H,1-5H3,(H2,16,17,18). The molecular weight excluding hydrogens is 286 g/mol. The molecule has 5 nitrogen and oxygen atoms in total. The number of hydrogen-bond donors (Lipinski definition) is 2. The van der Waals surface area contributed by atoms with Crippen LogP contribution in [0.4, 0.5) is 5.82 Å². The van der Waals surface area contributed by atoms with Gasteiger partial charge in [0.25, 0.3) is 10.0 Å². The van der Waals surface area contributed by atoms with Crippen molar-refractivity contribution in [3.63, 3.8) is 0 Å². The maximum Gasteiger partial charge on any atom is 0.263 e. The molecule has 0 unspecified atom stereocenters. The molecule has 0 spiro atoms. The third-order valence-electron chi connectivity index (χ3n) is 3.26. The summed E-state index contributed by atoms with van der Waals surface area (Å²) in [4.78, 5) is 0.280. The molecule has 0 radical (unpaired) electrons. The number of H-pyrrole nitrogens is 1. The van der Waals surface area contributed by atoms with Gasteiger partial charge in [0.05, 0.1) is 4.90 Å². The van der Waals surface area contributed by atoms with Gasteiger partial charge in [-0.25, -0.2) is 8.42 Å². The summed E-state index contributed by atoms with van der Waals surface area (Å²) in [5.74, 6) is 0.306. The fraction of sp³-hybridized carbons (Fsp3) is 0.400. The number of aryl methyl sites for hydroxylation is 2. The molecule has 2 N–H and O–H groups in total. The molecule has 1 aromatic carbocycles. The summed E-state index contributed by atoms with van der Waals surface area (Å²) in [7, 11) is -3.63. The molecule has 0 fully saturated rings. The Labute approximate surface area is 125 Å². The van der Waals surface area contributed by atoms with E-state index in [2.05, 4.69) is 14.9 Å². The smallest absolute Gasteiger partial charge is 0.263 e. The van der Waals surface area contributed by atoms with Crippen molar-refractivity contribution in [3.8, 4) is 0 Å². The third kappa shape index (κ3) is 3.44. The summed E-state index contributed by atoms with van der Waals surface area (Å²) in [5, 5.41) is 6.90. The third-order valence-corrected chi connectivity index (χ3v) is 4.75. The van der Waals surface area contributed by atoms with Gasteiger partial charge in [-0.1, -0.05) is 32.9 Å². The molecule has 0 aliphatic heterocycles. The molecule has 1 heterocycles. The number of nitrogens with one attached hydrogen (secondary N) is 2. The summed E-state index contributed by atoms with van der Waals surface area (Å²) in [6.07, 6.45) is 0. The van der Waals surface area contributed by atoms with Crippen LogP contribution in [0.5, 0.6) is 0 Å². The van der Waals surface area contributed by atoms with Crippen molar-refractivity contribution in [3.05, 3.63) is 41.1 Å². The van der Waals surface area contributed by atoms with Crippen LogP contribution in [0.15, 0.2) is 29.2 Å². The molecule has 0 saturated carbocycles. The van der Waals surface area contributed by atoms with Gasteiger partial charge in [-0.15, -0.1) is 0 Å². The highest BCUT2D eigenvalue weighted by atomic mass is 32.2. The van der Waals surface area contributed by atoms with Gasteiger partial charge in [0.1, 0.15) is 0 Å². The summed E-state index contributed by atoms with van der Waals surface area (Å²) in [6, 6.07) is 7.08. The van der Waals surface area contributed by atoms with Crippen LogP contribution in [-0.4, -0.2) is 18.6 Å². The second-order valence-corrected chi connectivity index (χ2v) is 7.94. The van der Waals surface area contributed by atoms with Crippen LogP contribution in [0, 0.1) is 13.8 Å². The fourth-order valence-corrected chi connectivity index (χ4v) is 3.27. The van der Waals surface area contributed by atoms with Gasteiger partial charge < -0.3 is 0 Å². The fourth-order valence-electron chi connectivity index (χ4n) is 1.95. The lowest BCUT2D eigenvalue weighted by Gasteiger charge is -2.14. The molecule has 1 aromatic heterocycles. The Hall–Kier alpha value is -1.82. The summed E-state index contributed by atoms with van der Waals surface area (Å²) >= 11 is 0. The SMILES string of the molecule is Cc1ccc(C)c(S(=O)(=O)Nc2cc(C(C)(C)C)[nH]n2)c1. The van der Waals surface area contributed by atoms with Crippen LogP contribution in [0.3, 0.4) is 0 Å². The zero-order chi connectivity index (χ0) is 15.8. The second kappa shape index (κ2) is 5.18. The van der Waals surface area contributed by atoms with Crippen molar-refractivity contribution in [1.29, 1.82) is 0 Å². The largest absolute Gasteiger partial charge is 0.280 e. The first-order valence-corrected chi connectivity index (χ1v) is 8.24. The lowest BCUT2D eigenvalue weighted by molar-refractivity contribution is 0.567. The van der Waals surface area contributed by atoms with E-state index in [-0.39, 0.29) is 10.3 Å². The first-order chi connectivity index (χ1) is 9.59. The molecule has 0 aliphatic rings. The predicted octanol–water partition coefficient (Wildman–Crippen LogP) is 3.12. The van der Waals surface area contributed by atoms with E-state index in [9.17, 15) is 8.42 Å². The Morgan fingerprint density at radius 2 is 1.81 bits per heavy atom. The number of rotatable bonds is 3. The number of aromatic nitrogens is 2. The van der Waals surface area contributed by atoms with Crippen LogP contribution < -0.4 is 4.72 Å². The minimum absolute atomic E-state index is 0.115. The molecule has 21 heavy (non-hydrogen) atoms. The Morgan fingerprint density at radius 3 is 2.38 bits per heavy atom. The zero-order valence-corrected chi connectivity index (χ0v) is 13.8. The molecule has 2 aromatic rings. The second-order valence-electron chi connectivity index (χ2n) is 6.29. The lowest BCUT2D eigenvalue weighted by atomic mass is 9.92. The average molecular weight is 307 g/mol. The van der Waals surface area contributed by atoms with Crippen molar-refractivity contribution in [2.24, 2.45) is 0 Å². The number of sulfonamides is 1. The molecule has 0 bridgehead atoms. The summed E-state index contributed by atoms with van der Waals surface area (Å²) in [6.45, 7) is 9.74. The van der Waals surface area contributed by atoms with Crippen molar-refractivity contribution in [2.75, 3.05) is 4.72 Å². The molecule has 2 rings (SSSR count). The van der Waals surface area contributed by atoms with Crippen LogP contribution in [0.25, 0.3) is 0 Å². The number of anilines is 1. The first-order valence-electron chi connectivity index (χ1n) is 6.75. The zero-order valence-electron chi connectivity index (χ0n) is 13.0. The van der Waals surface area contributed by atoms with Gasteiger partial charge in [0, 0.05) is 17.2 Å². The minimum Gasteiger partial charge on any atom is -0.280 e. The van der Waals surface area contributed by atoms with E-state index >= 15 is 0 Å². The van der Waals surface area contributed by atoms with Gasteiger partial charge in [-0.3, -0.25) is 9.82 Å². The Kier molecular flexibility index (Phi) is 3.84. The highest BCUT2D eigenvalue weighted by Gasteiger charge is 2.21. The van der Waals surface area contributed by atoms with Gasteiger partial charge >= 0.3 is 0 Å². The van der Waals surface area contributed by atoms with Gasteiger partial charge in [-0.05, 0) is 31.0 Å². The molecular formula is C15H21N3O2S. The molecule has 0 atom stereocenters. The van der Waals surface area contributed by atoms with E-state index in [1.54, 1.807) is 25.1 Å². The number of aromatic amines is 1. The van der Waals surface area contributed by atoms with E-state index in [0.717, 1.165) is 11.3 Å². The van der Waals surface area contributed by atoms with Crippen molar-refractivity contribution in [2.45, 2.75) is 44.9 Å². The van der Waals surface area contributed by atoms with Crippen molar-refractivity contribution in [1.82, 2.24) is 10.2 Å². The Morgan fingerprint density at radius 1 is 1.14 bits per heavy atom. The predicted molar refractivity (Wildman–Crippen MR) is 84.0 cm³/mol. The number of hydrogen-bond acceptors (Lipinski definition) is 3. The van der Waals surface area contributed by atoms with E-state index in [1.807, 2.05) is 33.8 Å². The normalized spacial score (nSPS) is 12.4. The van der Waals surface area contributed by atoms with Gasteiger partial charge in [0.15, 0.2) is 5.82 Å². The van der Waals surface area contributed by atoms with Crippen molar-refractivity contribution < 1.29 is 8.42 Å². The minimum atomic E-state index is -3.63. The Bertz CT molecular complexity index is 755. The highest BCUT2D eigenvalue weighted by Crippen LogP contribution is 2.24. The lowest BCUT2D eigenvalue weighted by Crippen LogP contribution is -2.15. The topological polar surface area (TPSA) is 74.8 Å². The quantitative estimate of drug-likeness (QED) is 0.915. The highest BCUT2D eigenvalue weighted by molar-refractivity contribution is 7.92. The molecule has 114 valence electrons.